The van der Waals surface area contributed by atoms with Crippen molar-refractivity contribution in [2.45, 2.75) is 26.8 Å². The summed E-state index contributed by atoms with van der Waals surface area (Å²) in [6.07, 6.45) is 2.51. The van der Waals surface area contributed by atoms with Gasteiger partial charge in [0.25, 0.3) is 5.91 Å². The maximum Gasteiger partial charge on any atom is 0.257 e. The van der Waals surface area contributed by atoms with Gasteiger partial charge >= 0.3 is 0 Å². The van der Waals surface area contributed by atoms with Crippen LogP contribution in [-0.4, -0.2) is 48.5 Å². The van der Waals surface area contributed by atoms with Crippen LogP contribution in [0.3, 0.4) is 0 Å². The summed E-state index contributed by atoms with van der Waals surface area (Å²) in [5.41, 5.74) is 2.30. The third kappa shape index (κ3) is 4.68. The lowest BCUT2D eigenvalue weighted by Crippen LogP contribution is -2.32. The number of carbonyl (C=O) groups excluding carboxylic acids is 1. The van der Waals surface area contributed by atoms with E-state index >= 15 is 0 Å². The zero-order valence-electron chi connectivity index (χ0n) is 15.6. The Kier molecular flexibility index (Phi) is 6.33. The van der Waals surface area contributed by atoms with Gasteiger partial charge in [-0.3, -0.25) is 4.79 Å². The van der Waals surface area contributed by atoms with E-state index in [4.69, 9.17) is 4.74 Å². The number of hydrogen-bond donors (Lipinski definition) is 0. The number of nitrogens with zero attached hydrogens (tertiary/aromatic N) is 4. The van der Waals surface area contributed by atoms with Crippen molar-refractivity contribution in [2.24, 2.45) is 0 Å². The molecule has 0 radical (unpaired) electrons. The summed E-state index contributed by atoms with van der Waals surface area (Å²) in [7, 11) is 5.40. The Morgan fingerprint density at radius 3 is 2.40 bits per heavy atom. The van der Waals surface area contributed by atoms with Crippen LogP contribution in [0.15, 0.2) is 30.5 Å². The average Bonchev–Trinajstić information content (AvgIpc) is 2.61. The van der Waals surface area contributed by atoms with Crippen molar-refractivity contribution < 1.29 is 9.53 Å². The lowest BCUT2D eigenvalue weighted by molar-refractivity contribution is 0.0741. The summed E-state index contributed by atoms with van der Waals surface area (Å²) in [6.45, 7) is 5.14. The standard InChI is InChI=1S/C19H26N4O2/c1-6-11-23(13-15-7-9-16(25-5)10-8-15)18(24)17-12-20-19(22(3)4)21-14(17)2/h7-10,12H,6,11,13H2,1-5H3. The largest absolute Gasteiger partial charge is 0.497 e. The number of anilines is 1. The van der Waals surface area contributed by atoms with Crippen LogP contribution in [0.1, 0.15) is 35.0 Å². The zero-order chi connectivity index (χ0) is 18.4. The van der Waals surface area contributed by atoms with E-state index in [2.05, 4.69) is 16.9 Å². The summed E-state index contributed by atoms with van der Waals surface area (Å²) in [6, 6.07) is 7.77. The lowest BCUT2D eigenvalue weighted by atomic mass is 10.1. The van der Waals surface area contributed by atoms with Gasteiger partial charge in [0, 0.05) is 33.4 Å². The van der Waals surface area contributed by atoms with Crippen molar-refractivity contribution in [3.63, 3.8) is 0 Å². The molecule has 0 aliphatic carbocycles. The van der Waals surface area contributed by atoms with Crippen LogP contribution in [0.25, 0.3) is 0 Å². The fraction of sp³-hybridized carbons (Fsp3) is 0.421. The molecule has 134 valence electrons. The number of hydrogen-bond acceptors (Lipinski definition) is 5. The first kappa shape index (κ1) is 18.7. The van der Waals surface area contributed by atoms with Crippen LogP contribution >= 0.6 is 0 Å². The second-order valence-corrected chi connectivity index (χ2v) is 6.14. The van der Waals surface area contributed by atoms with E-state index in [-0.39, 0.29) is 5.91 Å². The van der Waals surface area contributed by atoms with Gasteiger partial charge in [0.1, 0.15) is 5.75 Å². The minimum absolute atomic E-state index is 0.0412. The van der Waals surface area contributed by atoms with Gasteiger partial charge in [0.05, 0.1) is 18.4 Å². The number of benzene rings is 1. The van der Waals surface area contributed by atoms with E-state index in [1.165, 1.54) is 0 Å². The minimum atomic E-state index is -0.0412. The summed E-state index contributed by atoms with van der Waals surface area (Å²) in [5.74, 6) is 1.37. The van der Waals surface area contributed by atoms with Gasteiger partial charge in [-0.25, -0.2) is 9.97 Å². The van der Waals surface area contributed by atoms with Crippen LogP contribution in [0.4, 0.5) is 5.95 Å². The van der Waals surface area contributed by atoms with E-state index in [9.17, 15) is 4.79 Å². The molecule has 0 fully saturated rings. The molecule has 0 aliphatic rings. The van der Waals surface area contributed by atoms with Crippen LogP contribution in [0.2, 0.25) is 0 Å². The molecule has 0 saturated carbocycles. The number of amides is 1. The number of aromatic nitrogens is 2. The summed E-state index contributed by atoms with van der Waals surface area (Å²) in [5, 5.41) is 0. The zero-order valence-corrected chi connectivity index (χ0v) is 15.6. The van der Waals surface area contributed by atoms with Gasteiger partial charge in [-0.05, 0) is 31.0 Å². The van der Waals surface area contributed by atoms with Crippen molar-refractivity contribution >= 4 is 11.9 Å². The van der Waals surface area contributed by atoms with Gasteiger partial charge in [-0.1, -0.05) is 19.1 Å². The first-order valence-corrected chi connectivity index (χ1v) is 8.39. The molecule has 0 spiro atoms. The monoisotopic (exact) mass is 342 g/mol. The van der Waals surface area contributed by atoms with Gasteiger partial charge in [-0.15, -0.1) is 0 Å². The SMILES string of the molecule is CCCN(Cc1ccc(OC)cc1)C(=O)c1cnc(N(C)C)nc1C. The normalized spacial score (nSPS) is 10.4. The molecule has 0 bridgehead atoms. The Balaban J connectivity index is 2.22. The predicted molar refractivity (Wildman–Crippen MR) is 99.1 cm³/mol. The van der Waals surface area contributed by atoms with E-state index in [1.54, 1.807) is 13.3 Å². The summed E-state index contributed by atoms with van der Waals surface area (Å²) < 4.78 is 5.18. The molecule has 1 heterocycles. The second kappa shape index (κ2) is 8.46. The highest BCUT2D eigenvalue weighted by Gasteiger charge is 2.19. The Morgan fingerprint density at radius 1 is 1.20 bits per heavy atom. The van der Waals surface area contributed by atoms with Crippen molar-refractivity contribution in [2.75, 3.05) is 32.6 Å². The highest BCUT2D eigenvalue weighted by Crippen LogP contribution is 2.17. The van der Waals surface area contributed by atoms with Gasteiger partial charge in [0.2, 0.25) is 5.95 Å². The van der Waals surface area contributed by atoms with E-state index in [0.717, 1.165) is 17.7 Å². The van der Waals surface area contributed by atoms with Crippen LogP contribution in [-0.2, 0) is 6.54 Å². The third-order valence-electron chi connectivity index (χ3n) is 3.91. The number of methoxy groups -OCH3 is 1. The molecule has 2 aromatic rings. The quantitative estimate of drug-likeness (QED) is 0.774. The predicted octanol–water partition coefficient (Wildman–Crippen LogP) is 2.91. The highest BCUT2D eigenvalue weighted by atomic mass is 16.5. The number of aryl methyl sites for hydroxylation is 1. The maximum atomic E-state index is 13.0. The molecule has 0 atom stereocenters. The molecule has 2 rings (SSSR count). The van der Waals surface area contributed by atoms with E-state index in [1.807, 2.05) is 55.1 Å². The first-order chi connectivity index (χ1) is 12.0. The second-order valence-electron chi connectivity index (χ2n) is 6.14. The molecule has 1 aromatic carbocycles. The average molecular weight is 342 g/mol. The molecule has 1 aromatic heterocycles. The molecular weight excluding hydrogens is 316 g/mol. The van der Waals surface area contributed by atoms with Crippen molar-refractivity contribution in [1.82, 2.24) is 14.9 Å². The first-order valence-electron chi connectivity index (χ1n) is 8.39. The third-order valence-corrected chi connectivity index (χ3v) is 3.91. The van der Waals surface area contributed by atoms with E-state index in [0.29, 0.717) is 30.3 Å². The molecule has 0 aliphatic heterocycles. The van der Waals surface area contributed by atoms with Crippen molar-refractivity contribution in [3.8, 4) is 5.75 Å². The molecule has 0 unspecified atom stereocenters. The van der Waals surface area contributed by atoms with Gasteiger partial charge in [-0.2, -0.15) is 0 Å². The summed E-state index contributed by atoms with van der Waals surface area (Å²) in [4.78, 5) is 25.3. The Morgan fingerprint density at radius 2 is 1.88 bits per heavy atom. The fourth-order valence-electron chi connectivity index (χ4n) is 2.52. The van der Waals surface area contributed by atoms with Gasteiger partial charge in [0.15, 0.2) is 0 Å². The molecule has 6 nitrogen and oxygen atoms in total. The van der Waals surface area contributed by atoms with Crippen LogP contribution in [0, 0.1) is 6.92 Å². The lowest BCUT2D eigenvalue weighted by Gasteiger charge is -2.23. The minimum Gasteiger partial charge on any atom is -0.497 e. The Bertz CT molecular complexity index is 714. The molecule has 6 heteroatoms. The fourth-order valence-corrected chi connectivity index (χ4v) is 2.52. The summed E-state index contributed by atoms with van der Waals surface area (Å²) >= 11 is 0. The van der Waals surface area contributed by atoms with Crippen molar-refractivity contribution in [3.05, 3.63) is 47.3 Å². The number of carbonyl (C=O) groups is 1. The highest BCUT2D eigenvalue weighted by molar-refractivity contribution is 5.95. The molecule has 0 N–H and O–H groups in total. The van der Waals surface area contributed by atoms with Crippen molar-refractivity contribution in [1.29, 1.82) is 0 Å². The van der Waals surface area contributed by atoms with Gasteiger partial charge < -0.3 is 14.5 Å². The molecule has 25 heavy (non-hydrogen) atoms. The Labute approximate surface area is 149 Å². The number of ether oxygens (including phenoxy) is 1. The van der Waals surface area contributed by atoms with Crippen LogP contribution < -0.4 is 9.64 Å². The smallest absolute Gasteiger partial charge is 0.257 e. The Hall–Kier alpha value is -2.63. The molecular formula is C19H26N4O2. The maximum absolute atomic E-state index is 13.0. The molecule has 0 saturated heterocycles. The molecule has 1 amide bonds. The topological polar surface area (TPSA) is 58.6 Å². The number of rotatable bonds is 7. The van der Waals surface area contributed by atoms with Crippen LogP contribution in [0.5, 0.6) is 5.75 Å². The van der Waals surface area contributed by atoms with E-state index < -0.39 is 0 Å².